The van der Waals surface area contributed by atoms with Crippen LogP contribution in [0.4, 0.5) is 5.13 Å². The van der Waals surface area contributed by atoms with Crippen molar-refractivity contribution in [3.8, 4) is 0 Å². The lowest BCUT2D eigenvalue weighted by molar-refractivity contribution is 0.554. The van der Waals surface area contributed by atoms with Crippen molar-refractivity contribution in [3.63, 3.8) is 0 Å². The van der Waals surface area contributed by atoms with Gasteiger partial charge >= 0.3 is 0 Å². The summed E-state index contributed by atoms with van der Waals surface area (Å²) >= 11 is 3.26. The van der Waals surface area contributed by atoms with Crippen molar-refractivity contribution in [2.24, 2.45) is 0 Å². The zero-order valence-electron chi connectivity index (χ0n) is 11.9. The first-order valence-electron chi connectivity index (χ1n) is 6.65. The van der Waals surface area contributed by atoms with Crippen LogP contribution in [0.15, 0.2) is 17.5 Å². The van der Waals surface area contributed by atoms with Gasteiger partial charge in [0.15, 0.2) is 0 Å². The summed E-state index contributed by atoms with van der Waals surface area (Å²) in [5, 5.41) is 6.58. The van der Waals surface area contributed by atoms with Gasteiger partial charge in [-0.2, -0.15) is 4.37 Å². The van der Waals surface area contributed by atoms with Crippen LogP contribution in [0.5, 0.6) is 0 Å². The van der Waals surface area contributed by atoms with Gasteiger partial charge in [0.1, 0.15) is 5.82 Å². The van der Waals surface area contributed by atoms with E-state index in [2.05, 4.69) is 59.9 Å². The molecule has 0 aromatic carbocycles. The van der Waals surface area contributed by atoms with Crippen molar-refractivity contribution < 1.29 is 0 Å². The van der Waals surface area contributed by atoms with Crippen molar-refractivity contribution in [2.45, 2.75) is 52.0 Å². The molecule has 0 saturated carbocycles. The lowest BCUT2D eigenvalue weighted by Crippen LogP contribution is -2.14. The summed E-state index contributed by atoms with van der Waals surface area (Å²) in [6.45, 7) is 8.63. The SMILES string of the molecule is CCCC(Nc1nc(C(C)(C)C)ns1)c1cccs1. The van der Waals surface area contributed by atoms with Gasteiger partial charge in [0.2, 0.25) is 5.13 Å². The Morgan fingerprint density at radius 2 is 2.16 bits per heavy atom. The van der Waals surface area contributed by atoms with Gasteiger partial charge in [-0.3, -0.25) is 0 Å². The summed E-state index contributed by atoms with van der Waals surface area (Å²) in [6.07, 6.45) is 2.27. The Hall–Kier alpha value is -0.940. The molecule has 2 rings (SSSR count). The Kier molecular flexibility index (Phi) is 4.58. The molecule has 104 valence electrons. The fourth-order valence-corrected chi connectivity index (χ4v) is 3.42. The van der Waals surface area contributed by atoms with E-state index >= 15 is 0 Å². The average Bonchev–Trinajstić information content (AvgIpc) is 2.98. The molecule has 0 fully saturated rings. The normalized spacial score (nSPS) is 13.5. The third-order valence-corrected chi connectivity index (χ3v) is 4.49. The molecule has 2 heterocycles. The standard InChI is InChI=1S/C14H21N3S2/c1-5-7-10(11-8-6-9-18-11)15-13-16-12(17-19-13)14(2,3)4/h6,8-10H,5,7H2,1-4H3,(H,15,16,17). The average molecular weight is 295 g/mol. The molecule has 1 atom stereocenters. The molecule has 2 aromatic heterocycles. The van der Waals surface area contributed by atoms with Gasteiger partial charge in [-0.1, -0.05) is 40.2 Å². The van der Waals surface area contributed by atoms with Crippen molar-refractivity contribution >= 4 is 28.0 Å². The molecule has 0 saturated heterocycles. The summed E-state index contributed by atoms with van der Waals surface area (Å²) in [4.78, 5) is 5.98. The molecule has 1 N–H and O–H groups in total. The molecule has 3 nitrogen and oxygen atoms in total. The lowest BCUT2D eigenvalue weighted by atomic mass is 9.96. The number of nitrogens with one attached hydrogen (secondary N) is 1. The first-order chi connectivity index (χ1) is 9.00. The Balaban J connectivity index is 2.11. The summed E-state index contributed by atoms with van der Waals surface area (Å²) in [5.41, 5.74) is 0.0135. The second-order valence-corrected chi connectivity index (χ2v) is 7.41. The van der Waals surface area contributed by atoms with Gasteiger partial charge < -0.3 is 5.32 Å². The third-order valence-electron chi connectivity index (χ3n) is 2.86. The van der Waals surface area contributed by atoms with Crippen molar-refractivity contribution in [1.82, 2.24) is 9.36 Å². The molecule has 0 radical (unpaired) electrons. The van der Waals surface area contributed by atoms with Gasteiger partial charge in [0.05, 0.1) is 6.04 Å². The molecule has 1 unspecified atom stereocenters. The van der Waals surface area contributed by atoms with Crippen LogP contribution in [0.2, 0.25) is 0 Å². The van der Waals surface area contributed by atoms with Crippen LogP contribution in [0.1, 0.15) is 57.3 Å². The number of nitrogens with zero attached hydrogens (tertiary/aromatic N) is 2. The maximum atomic E-state index is 4.61. The summed E-state index contributed by atoms with van der Waals surface area (Å²) in [6, 6.07) is 4.64. The highest BCUT2D eigenvalue weighted by Crippen LogP contribution is 2.29. The topological polar surface area (TPSA) is 37.8 Å². The fourth-order valence-electron chi connectivity index (χ4n) is 1.80. The third kappa shape index (κ3) is 3.76. The molecule has 0 spiro atoms. The monoisotopic (exact) mass is 295 g/mol. The van der Waals surface area contributed by atoms with Crippen molar-refractivity contribution in [1.29, 1.82) is 0 Å². The maximum Gasteiger partial charge on any atom is 0.203 e. The maximum absolute atomic E-state index is 4.61. The molecular formula is C14H21N3S2. The largest absolute Gasteiger partial charge is 0.353 e. The molecule has 19 heavy (non-hydrogen) atoms. The number of aromatic nitrogens is 2. The van der Waals surface area contributed by atoms with Gasteiger partial charge in [0, 0.05) is 21.8 Å². The Morgan fingerprint density at radius 1 is 1.37 bits per heavy atom. The van der Waals surface area contributed by atoms with Gasteiger partial charge in [-0.25, -0.2) is 4.98 Å². The Labute approximate surface area is 123 Å². The highest BCUT2D eigenvalue weighted by Gasteiger charge is 2.21. The lowest BCUT2D eigenvalue weighted by Gasteiger charge is -2.16. The smallest absolute Gasteiger partial charge is 0.203 e. The van der Waals surface area contributed by atoms with Crippen LogP contribution in [0.25, 0.3) is 0 Å². The first kappa shape index (κ1) is 14.5. The van der Waals surface area contributed by atoms with E-state index in [1.54, 1.807) is 11.3 Å². The zero-order chi connectivity index (χ0) is 13.9. The zero-order valence-corrected chi connectivity index (χ0v) is 13.6. The minimum atomic E-state index is 0.0135. The first-order valence-corrected chi connectivity index (χ1v) is 8.30. The fraction of sp³-hybridized carbons (Fsp3) is 0.571. The predicted octanol–water partition coefficient (Wildman–Crippen LogP) is 4.85. The van der Waals surface area contributed by atoms with Gasteiger partial charge in [-0.05, 0) is 17.9 Å². The summed E-state index contributed by atoms with van der Waals surface area (Å²) in [7, 11) is 0. The number of anilines is 1. The van der Waals surface area contributed by atoms with Crippen molar-refractivity contribution in [3.05, 3.63) is 28.2 Å². The summed E-state index contributed by atoms with van der Waals surface area (Å²) < 4.78 is 4.45. The minimum absolute atomic E-state index is 0.0135. The van der Waals surface area contributed by atoms with Crippen LogP contribution in [-0.4, -0.2) is 9.36 Å². The number of thiophene rings is 1. The molecular weight excluding hydrogens is 274 g/mol. The second-order valence-electron chi connectivity index (χ2n) is 5.67. The molecule has 0 bridgehead atoms. The van der Waals surface area contributed by atoms with Crippen LogP contribution in [-0.2, 0) is 5.41 Å². The van der Waals surface area contributed by atoms with Crippen LogP contribution in [0, 0.1) is 0 Å². The number of hydrogen-bond donors (Lipinski definition) is 1. The molecule has 0 amide bonds. The van der Waals surface area contributed by atoms with E-state index in [-0.39, 0.29) is 5.41 Å². The predicted molar refractivity (Wildman–Crippen MR) is 84.2 cm³/mol. The van der Waals surface area contributed by atoms with E-state index < -0.39 is 0 Å². The van der Waals surface area contributed by atoms with Crippen LogP contribution in [0.3, 0.4) is 0 Å². The van der Waals surface area contributed by atoms with Gasteiger partial charge in [-0.15, -0.1) is 11.3 Å². The molecule has 0 aliphatic carbocycles. The highest BCUT2D eigenvalue weighted by atomic mass is 32.1. The van der Waals surface area contributed by atoms with E-state index in [9.17, 15) is 0 Å². The number of hydrogen-bond acceptors (Lipinski definition) is 5. The Bertz CT molecular complexity index is 497. The van der Waals surface area contributed by atoms with Gasteiger partial charge in [0.25, 0.3) is 0 Å². The van der Waals surface area contributed by atoms with E-state index in [4.69, 9.17) is 0 Å². The molecule has 0 aliphatic rings. The van der Waals surface area contributed by atoms with E-state index in [1.807, 2.05) is 0 Å². The molecule has 2 aromatic rings. The second kappa shape index (κ2) is 6.01. The van der Waals surface area contributed by atoms with Crippen LogP contribution < -0.4 is 5.32 Å². The quantitative estimate of drug-likeness (QED) is 0.856. The Morgan fingerprint density at radius 3 is 2.68 bits per heavy atom. The van der Waals surface area contributed by atoms with Crippen molar-refractivity contribution in [2.75, 3.05) is 5.32 Å². The summed E-state index contributed by atoms with van der Waals surface area (Å²) in [5.74, 6) is 0.918. The highest BCUT2D eigenvalue weighted by molar-refractivity contribution is 7.10. The van der Waals surface area contributed by atoms with E-state index in [0.29, 0.717) is 6.04 Å². The van der Waals surface area contributed by atoms with E-state index in [1.165, 1.54) is 16.4 Å². The molecule has 5 heteroatoms. The minimum Gasteiger partial charge on any atom is -0.353 e. The van der Waals surface area contributed by atoms with E-state index in [0.717, 1.165) is 23.8 Å². The number of rotatable bonds is 5. The van der Waals surface area contributed by atoms with Crippen LogP contribution >= 0.6 is 22.9 Å². The molecule has 0 aliphatic heterocycles.